The molecule has 8 nitrogen and oxygen atoms in total. The van der Waals surface area contributed by atoms with Gasteiger partial charge in [-0.25, -0.2) is 0 Å². The second-order valence-electron chi connectivity index (χ2n) is 8.81. The van der Waals surface area contributed by atoms with Crippen LogP contribution in [0.25, 0.3) is 0 Å². The third-order valence-electron chi connectivity index (χ3n) is 5.80. The third-order valence-corrected chi connectivity index (χ3v) is 5.80. The van der Waals surface area contributed by atoms with Crippen molar-refractivity contribution in [3.63, 3.8) is 0 Å². The zero-order valence-electron chi connectivity index (χ0n) is 24.2. The highest BCUT2D eigenvalue weighted by Crippen LogP contribution is 2.47. The Balaban J connectivity index is 1.85. The predicted molar refractivity (Wildman–Crippen MR) is 146 cm³/mol. The first-order valence-electron chi connectivity index (χ1n) is 13.1. The monoisotopic (exact) mass is 598 g/mol. The molecular weight excluding hydrogens is 564 g/mol. The number of hydrogen-bond acceptors (Lipinski definition) is 8. The number of halogens is 4. The zero-order valence-corrected chi connectivity index (χ0v) is 24.2. The van der Waals surface area contributed by atoms with Crippen LogP contribution in [0.1, 0.15) is 37.8 Å². The van der Waals surface area contributed by atoms with E-state index in [4.69, 9.17) is 37.9 Å². The Morgan fingerprint density at radius 2 is 0.786 bits per heavy atom. The van der Waals surface area contributed by atoms with Crippen molar-refractivity contribution in [3.8, 4) is 46.0 Å². The Kier molecular flexibility index (Phi) is 10.8. The van der Waals surface area contributed by atoms with Gasteiger partial charge in [0, 0.05) is 24.3 Å². The lowest BCUT2D eigenvalue weighted by Gasteiger charge is -2.24. The standard InChI is InChI=1S/C30H34F4O8/c1-7-13-39-21-15-23(35-3)27(24(16-21)36-4)29(31,32)41-19-9-11-20(12-10-19)42-30(33,34)28-25(37-5)17-22(40-14-8-2)18-26(28)38-6/h9-12,15-18H,7-8,13-14H2,1-6H3. The van der Waals surface area contributed by atoms with Crippen molar-refractivity contribution in [2.75, 3.05) is 41.7 Å². The van der Waals surface area contributed by atoms with Crippen molar-refractivity contribution in [1.29, 1.82) is 0 Å². The zero-order chi connectivity index (χ0) is 30.9. The van der Waals surface area contributed by atoms with Crippen molar-refractivity contribution < 1.29 is 55.5 Å². The smallest absolute Gasteiger partial charge is 0.433 e. The first-order valence-corrected chi connectivity index (χ1v) is 13.1. The molecule has 0 fully saturated rings. The maximum absolute atomic E-state index is 15.4. The summed E-state index contributed by atoms with van der Waals surface area (Å²) in [5.74, 6) is -0.999. The number of hydrogen-bond donors (Lipinski definition) is 0. The van der Waals surface area contributed by atoms with Crippen LogP contribution in [0.3, 0.4) is 0 Å². The minimum atomic E-state index is -3.94. The predicted octanol–water partition coefficient (Wildman–Crippen LogP) is 7.56. The highest BCUT2D eigenvalue weighted by molar-refractivity contribution is 5.54. The van der Waals surface area contributed by atoms with Gasteiger partial charge in [0.2, 0.25) is 0 Å². The molecule has 0 N–H and O–H groups in total. The molecule has 42 heavy (non-hydrogen) atoms. The fourth-order valence-electron chi connectivity index (χ4n) is 3.93. The Morgan fingerprint density at radius 3 is 1.02 bits per heavy atom. The van der Waals surface area contributed by atoms with Crippen LogP contribution in [0.4, 0.5) is 17.6 Å². The SMILES string of the molecule is CCCOc1cc(OC)c(C(F)(F)Oc2ccc(OC(F)(F)c3c(OC)cc(OCCC)cc3OC)cc2)c(OC)c1. The molecule has 0 unspecified atom stereocenters. The highest BCUT2D eigenvalue weighted by Gasteiger charge is 2.43. The van der Waals surface area contributed by atoms with Crippen molar-refractivity contribution in [1.82, 2.24) is 0 Å². The van der Waals surface area contributed by atoms with Crippen molar-refractivity contribution in [2.45, 2.75) is 38.9 Å². The Bertz CT molecular complexity index is 1160. The topological polar surface area (TPSA) is 73.8 Å². The molecule has 0 aliphatic rings. The first kappa shape index (κ1) is 32.3. The molecule has 3 aromatic rings. The molecule has 12 heteroatoms. The number of benzene rings is 3. The Hall–Kier alpha value is -4.22. The normalized spacial score (nSPS) is 11.5. The van der Waals surface area contributed by atoms with Gasteiger partial charge < -0.3 is 37.9 Å². The maximum Gasteiger partial charge on any atom is 0.433 e. The first-order chi connectivity index (χ1) is 20.0. The van der Waals surface area contributed by atoms with E-state index in [1.165, 1.54) is 52.7 Å². The lowest BCUT2D eigenvalue weighted by molar-refractivity contribution is -0.189. The lowest BCUT2D eigenvalue weighted by atomic mass is 10.1. The summed E-state index contributed by atoms with van der Waals surface area (Å²) < 4.78 is 103. The van der Waals surface area contributed by atoms with Gasteiger partial charge in [0.15, 0.2) is 0 Å². The van der Waals surface area contributed by atoms with Crippen LogP contribution >= 0.6 is 0 Å². The van der Waals surface area contributed by atoms with Gasteiger partial charge in [0.1, 0.15) is 57.1 Å². The van der Waals surface area contributed by atoms with Gasteiger partial charge in [-0.2, -0.15) is 17.6 Å². The molecule has 0 amide bonds. The maximum atomic E-state index is 15.4. The molecule has 3 rings (SSSR count). The summed E-state index contributed by atoms with van der Waals surface area (Å²) >= 11 is 0. The molecular formula is C30H34F4O8. The highest BCUT2D eigenvalue weighted by atomic mass is 19.3. The van der Waals surface area contributed by atoms with Crippen LogP contribution in [-0.2, 0) is 12.2 Å². The largest absolute Gasteiger partial charge is 0.496 e. The van der Waals surface area contributed by atoms with Crippen LogP contribution < -0.4 is 37.9 Å². The number of methoxy groups -OCH3 is 4. The Labute approximate surface area is 241 Å². The van der Waals surface area contributed by atoms with E-state index in [1.54, 1.807) is 0 Å². The van der Waals surface area contributed by atoms with E-state index in [0.29, 0.717) is 26.1 Å². The lowest BCUT2D eigenvalue weighted by Crippen LogP contribution is -2.24. The van der Waals surface area contributed by atoms with Crippen LogP contribution in [0.15, 0.2) is 48.5 Å². The fraction of sp³-hybridized carbons (Fsp3) is 0.400. The van der Waals surface area contributed by atoms with Gasteiger partial charge in [-0.3, -0.25) is 0 Å². The minimum absolute atomic E-state index is 0.223. The van der Waals surface area contributed by atoms with Gasteiger partial charge in [0.05, 0.1) is 41.7 Å². The minimum Gasteiger partial charge on any atom is -0.496 e. The quantitative estimate of drug-likeness (QED) is 0.157. The second kappa shape index (κ2) is 14.1. The van der Waals surface area contributed by atoms with Crippen LogP contribution in [0, 0.1) is 0 Å². The molecule has 0 radical (unpaired) electrons. The van der Waals surface area contributed by atoms with Gasteiger partial charge in [-0.15, -0.1) is 0 Å². The molecule has 0 bridgehead atoms. The molecule has 0 atom stereocenters. The van der Waals surface area contributed by atoms with Gasteiger partial charge in [0.25, 0.3) is 0 Å². The number of ether oxygens (including phenoxy) is 8. The summed E-state index contributed by atoms with van der Waals surface area (Å²) in [5, 5.41) is 0. The average molecular weight is 599 g/mol. The van der Waals surface area contributed by atoms with Gasteiger partial charge in [-0.1, -0.05) is 13.8 Å². The molecule has 0 saturated carbocycles. The fourth-order valence-corrected chi connectivity index (χ4v) is 3.93. The van der Waals surface area contributed by atoms with Crippen LogP contribution in [0.2, 0.25) is 0 Å². The van der Waals surface area contributed by atoms with E-state index >= 15 is 17.6 Å². The molecule has 0 aliphatic heterocycles. The summed E-state index contributed by atoms with van der Waals surface area (Å²) in [6.07, 6.45) is -6.46. The van der Waals surface area contributed by atoms with E-state index in [9.17, 15) is 0 Å². The van der Waals surface area contributed by atoms with E-state index in [2.05, 4.69) is 0 Å². The van der Waals surface area contributed by atoms with Gasteiger partial charge in [-0.05, 0) is 37.1 Å². The van der Waals surface area contributed by atoms with Crippen molar-refractivity contribution in [3.05, 3.63) is 59.7 Å². The summed E-state index contributed by atoms with van der Waals surface area (Å²) in [4.78, 5) is 0. The molecule has 3 aromatic carbocycles. The molecule has 0 saturated heterocycles. The van der Waals surface area contributed by atoms with E-state index in [1.807, 2.05) is 13.8 Å². The summed E-state index contributed by atoms with van der Waals surface area (Å²) in [6, 6.07) is 9.45. The molecule has 0 aliphatic carbocycles. The van der Waals surface area contributed by atoms with Crippen molar-refractivity contribution in [2.24, 2.45) is 0 Å². The van der Waals surface area contributed by atoms with Crippen molar-refractivity contribution >= 4 is 0 Å². The Morgan fingerprint density at radius 1 is 0.500 bits per heavy atom. The molecule has 0 heterocycles. The summed E-state index contributed by atoms with van der Waals surface area (Å²) in [7, 11) is 4.89. The number of alkyl halides is 4. The van der Waals surface area contributed by atoms with Crippen LogP contribution in [-0.4, -0.2) is 41.7 Å². The third kappa shape index (κ3) is 7.54. The summed E-state index contributed by atoms with van der Waals surface area (Å²) in [5.41, 5.74) is -1.34. The average Bonchev–Trinajstić information content (AvgIpc) is 2.98. The van der Waals surface area contributed by atoms with E-state index < -0.39 is 23.3 Å². The van der Waals surface area contributed by atoms with Gasteiger partial charge >= 0.3 is 12.2 Å². The van der Waals surface area contributed by atoms with Crippen LogP contribution in [0.5, 0.6) is 46.0 Å². The second-order valence-corrected chi connectivity index (χ2v) is 8.81. The van der Waals surface area contributed by atoms with E-state index in [-0.39, 0.29) is 46.0 Å². The molecule has 230 valence electrons. The van der Waals surface area contributed by atoms with E-state index in [0.717, 1.165) is 24.3 Å². The number of rotatable bonds is 16. The summed E-state index contributed by atoms with van der Waals surface area (Å²) in [6.45, 7) is 4.53. The molecule has 0 spiro atoms. The molecule has 0 aromatic heterocycles.